The van der Waals surface area contributed by atoms with Gasteiger partial charge in [0.2, 0.25) is 0 Å². The van der Waals surface area contributed by atoms with Gasteiger partial charge in [0.05, 0.1) is 0 Å². The standard InChI is InChI=1S/C66H118O6/c1-4-7-10-13-16-19-22-25-26-27-28-29-30-31-32-33-34-35-36-37-38-39-40-42-44-47-50-53-56-59-65(68)71-62-63(61-70-64(67)58-55-52-49-46-43-24-21-18-15-12-9-6-3)72-66(69)60-57-54-51-48-45-41-23-20-17-14-11-8-5-2/h18,20-23,25,27-28,30-31,63H,4-17,19,24,26,29,32-62H2,1-3H3/b21-18-,23-20-,25-22-,28-27-,31-30-. The van der Waals surface area contributed by atoms with Crippen LogP contribution < -0.4 is 0 Å². The van der Waals surface area contributed by atoms with Crippen molar-refractivity contribution >= 4 is 17.9 Å². The molecule has 0 saturated heterocycles. The molecule has 0 bridgehead atoms. The minimum absolute atomic E-state index is 0.0785. The van der Waals surface area contributed by atoms with Crippen LogP contribution in [0.15, 0.2) is 60.8 Å². The molecule has 1 atom stereocenters. The van der Waals surface area contributed by atoms with Crippen LogP contribution in [0.4, 0.5) is 0 Å². The normalized spacial score (nSPS) is 12.4. The smallest absolute Gasteiger partial charge is 0.306 e. The van der Waals surface area contributed by atoms with Gasteiger partial charge in [0, 0.05) is 19.3 Å². The average Bonchev–Trinajstić information content (AvgIpc) is 3.38. The van der Waals surface area contributed by atoms with Crippen LogP contribution in [0.5, 0.6) is 0 Å². The van der Waals surface area contributed by atoms with Gasteiger partial charge < -0.3 is 14.2 Å². The van der Waals surface area contributed by atoms with Gasteiger partial charge in [-0.25, -0.2) is 0 Å². The summed E-state index contributed by atoms with van der Waals surface area (Å²) in [6.45, 7) is 6.60. The van der Waals surface area contributed by atoms with Crippen LogP contribution in [0.25, 0.3) is 0 Å². The van der Waals surface area contributed by atoms with Crippen LogP contribution >= 0.6 is 0 Å². The topological polar surface area (TPSA) is 78.9 Å². The minimum Gasteiger partial charge on any atom is -0.462 e. The largest absolute Gasteiger partial charge is 0.462 e. The van der Waals surface area contributed by atoms with E-state index in [-0.39, 0.29) is 31.1 Å². The monoisotopic (exact) mass is 1010 g/mol. The first kappa shape index (κ1) is 69.1. The van der Waals surface area contributed by atoms with Crippen molar-refractivity contribution in [1.82, 2.24) is 0 Å². The molecule has 0 heterocycles. The van der Waals surface area contributed by atoms with Crippen LogP contribution in [-0.2, 0) is 28.6 Å². The summed E-state index contributed by atoms with van der Waals surface area (Å²) in [7, 11) is 0. The number of hydrogen-bond donors (Lipinski definition) is 0. The van der Waals surface area contributed by atoms with E-state index in [4.69, 9.17) is 14.2 Å². The Labute approximate surface area is 447 Å². The van der Waals surface area contributed by atoms with Crippen molar-refractivity contribution in [2.24, 2.45) is 0 Å². The predicted molar refractivity (Wildman–Crippen MR) is 312 cm³/mol. The molecule has 0 saturated carbocycles. The molecule has 0 rings (SSSR count). The van der Waals surface area contributed by atoms with Crippen molar-refractivity contribution in [2.45, 2.75) is 329 Å². The van der Waals surface area contributed by atoms with Crippen LogP contribution in [-0.4, -0.2) is 37.2 Å². The maximum atomic E-state index is 12.8. The Balaban J connectivity index is 4.17. The third-order valence-corrected chi connectivity index (χ3v) is 13.7. The Morgan fingerprint density at radius 1 is 0.278 bits per heavy atom. The summed E-state index contributed by atoms with van der Waals surface area (Å²) >= 11 is 0. The highest BCUT2D eigenvalue weighted by Gasteiger charge is 2.19. The maximum absolute atomic E-state index is 12.8. The van der Waals surface area contributed by atoms with Crippen molar-refractivity contribution in [1.29, 1.82) is 0 Å². The molecule has 0 N–H and O–H groups in total. The molecule has 0 fully saturated rings. The number of hydrogen-bond acceptors (Lipinski definition) is 6. The summed E-state index contributed by atoms with van der Waals surface area (Å²) in [5.41, 5.74) is 0. The van der Waals surface area contributed by atoms with Crippen LogP contribution in [0.3, 0.4) is 0 Å². The zero-order valence-corrected chi connectivity index (χ0v) is 47.9. The maximum Gasteiger partial charge on any atom is 0.306 e. The highest BCUT2D eigenvalue weighted by molar-refractivity contribution is 5.71. The number of allylic oxidation sites excluding steroid dienone is 10. The molecule has 0 radical (unpaired) electrons. The third kappa shape index (κ3) is 58.0. The van der Waals surface area contributed by atoms with E-state index in [1.807, 2.05) is 0 Å². The number of rotatable bonds is 57. The number of unbranched alkanes of at least 4 members (excludes halogenated alkanes) is 36. The zero-order valence-electron chi connectivity index (χ0n) is 47.9. The Bertz CT molecular complexity index is 1290. The van der Waals surface area contributed by atoms with Gasteiger partial charge in [-0.05, 0) is 109 Å². The van der Waals surface area contributed by atoms with E-state index in [0.717, 1.165) is 89.9 Å². The van der Waals surface area contributed by atoms with Crippen LogP contribution in [0, 0.1) is 0 Å². The first-order chi connectivity index (χ1) is 35.5. The first-order valence-corrected chi connectivity index (χ1v) is 31.3. The van der Waals surface area contributed by atoms with Crippen LogP contribution in [0.1, 0.15) is 323 Å². The number of carbonyl (C=O) groups excluding carboxylic acids is 3. The van der Waals surface area contributed by atoms with Crippen molar-refractivity contribution in [3.8, 4) is 0 Å². The van der Waals surface area contributed by atoms with Gasteiger partial charge >= 0.3 is 17.9 Å². The molecule has 0 amide bonds. The fourth-order valence-electron chi connectivity index (χ4n) is 8.97. The lowest BCUT2D eigenvalue weighted by molar-refractivity contribution is -0.167. The number of ether oxygens (including phenoxy) is 3. The fourth-order valence-corrected chi connectivity index (χ4v) is 8.97. The Hall–Kier alpha value is -2.89. The first-order valence-electron chi connectivity index (χ1n) is 31.3. The second kappa shape index (κ2) is 60.7. The molecule has 0 aromatic rings. The summed E-state index contributed by atoms with van der Waals surface area (Å²) in [6.07, 6.45) is 76.6. The Morgan fingerprint density at radius 2 is 0.500 bits per heavy atom. The average molecular weight is 1010 g/mol. The Kier molecular flexibility index (Phi) is 58.2. The van der Waals surface area contributed by atoms with E-state index >= 15 is 0 Å². The van der Waals surface area contributed by atoms with Gasteiger partial charge in [-0.3, -0.25) is 14.4 Å². The van der Waals surface area contributed by atoms with Crippen molar-refractivity contribution in [3.63, 3.8) is 0 Å². The summed E-state index contributed by atoms with van der Waals surface area (Å²) in [5, 5.41) is 0. The van der Waals surface area contributed by atoms with E-state index in [9.17, 15) is 14.4 Å². The van der Waals surface area contributed by atoms with E-state index in [1.54, 1.807) is 0 Å². The summed E-state index contributed by atoms with van der Waals surface area (Å²) in [5.74, 6) is -0.885. The summed E-state index contributed by atoms with van der Waals surface area (Å²) in [6, 6.07) is 0. The molecule has 72 heavy (non-hydrogen) atoms. The molecule has 0 aliphatic heterocycles. The van der Waals surface area contributed by atoms with Gasteiger partial charge in [0.1, 0.15) is 13.2 Å². The number of carbonyl (C=O) groups is 3. The fraction of sp³-hybridized carbons (Fsp3) is 0.803. The van der Waals surface area contributed by atoms with Gasteiger partial charge in [-0.15, -0.1) is 0 Å². The lowest BCUT2D eigenvalue weighted by Gasteiger charge is -2.18. The minimum atomic E-state index is -0.780. The molecule has 0 aliphatic rings. The molecule has 1 unspecified atom stereocenters. The second-order valence-electron chi connectivity index (χ2n) is 21.0. The summed E-state index contributed by atoms with van der Waals surface area (Å²) < 4.78 is 16.9. The van der Waals surface area contributed by atoms with E-state index < -0.39 is 6.10 Å². The predicted octanol–water partition coefficient (Wildman–Crippen LogP) is 21.2. The molecule has 0 aromatic carbocycles. The molecule has 0 aromatic heterocycles. The van der Waals surface area contributed by atoms with E-state index in [0.29, 0.717) is 19.3 Å². The lowest BCUT2D eigenvalue weighted by atomic mass is 10.0. The van der Waals surface area contributed by atoms with Crippen molar-refractivity contribution in [3.05, 3.63) is 60.8 Å². The highest BCUT2D eigenvalue weighted by Crippen LogP contribution is 2.16. The van der Waals surface area contributed by atoms with Gasteiger partial charge in [-0.2, -0.15) is 0 Å². The molecule has 6 heteroatoms. The summed E-state index contributed by atoms with van der Waals surface area (Å²) in [4.78, 5) is 38.1. The quantitative estimate of drug-likeness (QED) is 0.0261. The molecule has 0 spiro atoms. The van der Waals surface area contributed by atoms with Crippen molar-refractivity contribution < 1.29 is 28.6 Å². The zero-order chi connectivity index (χ0) is 52.2. The Morgan fingerprint density at radius 3 is 0.833 bits per heavy atom. The lowest BCUT2D eigenvalue weighted by Crippen LogP contribution is -2.30. The van der Waals surface area contributed by atoms with Crippen molar-refractivity contribution in [2.75, 3.05) is 13.2 Å². The molecule has 418 valence electrons. The molecule has 6 nitrogen and oxygen atoms in total. The van der Waals surface area contributed by atoms with E-state index in [1.165, 1.54) is 193 Å². The van der Waals surface area contributed by atoms with E-state index in [2.05, 4.69) is 81.5 Å². The van der Waals surface area contributed by atoms with Gasteiger partial charge in [0.25, 0.3) is 0 Å². The molecular weight excluding hydrogens is 889 g/mol. The highest BCUT2D eigenvalue weighted by atomic mass is 16.6. The third-order valence-electron chi connectivity index (χ3n) is 13.7. The number of esters is 3. The second-order valence-corrected chi connectivity index (χ2v) is 21.0. The van der Waals surface area contributed by atoms with Crippen LogP contribution in [0.2, 0.25) is 0 Å². The molecular formula is C66H118O6. The van der Waals surface area contributed by atoms with Gasteiger partial charge in [-0.1, -0.05) is 255 Å². The molecule has 0 aliphatic carbocycles. The van der Waals surface area contributed by atoms with Gasteiger partial charge in [0.15, 0.2) is 6.10 Å². The SMILES string of the molecule is CCCCC/C=C\CCCCCCCC(=O)OCC(COC(=O)CCCCCCCCCCCCCCCC/C=C\C/C=C\C/C=C\CCCCCCC)OC(=O)CCCCCCC/C=C\CCCCCC.